The number of carbonyl (C=O) groups excluding carboxylic acids is 2. The number of nitrogens with one attached hydrogen (secondary N) is 1. The maximum Gasteiger partial charge on any atom is 0.326 e. The Morgan fingerprint density at radius 2 is 1.81 bits per heavy atom. The topological polar surface area (TPSA) is 136 Å². The lowest BCUT2D eigenvalue weighted by Gasteiger charge is -2.15. The van der Waals surface area contributed by atoms with Crippen molar-refractivity contribution in [2.75, 3.05) is 0 Å². The van der Waals surface area contributed by atoms with Crippen molar-refractivity contribution in [2.45, 2.75) is 31.3 Å². The average molecular weight is 293 g/mol. The van der Waals surface area contributed by atoms with Crippen LogP contribution in [0.4, 0.5) is 0 Å². The summed E-state index contributed by atoms with van der Waals surface area (Å²) in [5, 5.41) is 11.1. The number of hydrogen-bond donors (Lipinski definition) is 4. The second-order valence-electron chi connectivity index (χ2n) is 4.68. The van der Waals surface area contributed by atoms with E-state index >= 15 is 0 Å². The van der Waals surface area contributed by atoms with Gasteiger partial charge in [0.1, 0.15) is 6.04 Å². The molecule has 0 saturated heterocycles. The molecule has 1 aromatic rings. The molecule has 7 heteroatoms. The first-order chi connectivity index (χ1) is 9.90. The highest BCUT2D eigenvalue weighted by Crippen LogP contribution is 2.14. The predicted molar refractivity (Wildman–Crippen MR) is 76.0 cm³/mol. The summed E-state index contributed by atoms with van der Waals surface area (Å²) in [7, 11) is 0. The Morgan fingerprint density at radius 3 is 2.33 bits per heavy atom. The molecule has 1 aromatic carbocycles. The van der Waals surface area contributed by atoms with Gasteiger partial charge in [-0.05, 0) is 12.0 Å². The largest absolute Gasteiger partial charge is 0.480 e. The van der Waals surface area contributed by atoms with Gasteiger partial charge in [-0.1, -0.05) is 30.3 Å². The van der Waals surface area contributed by atoms with Gasteiger partial charge in [0.05, 0.1) is 6.42 Å². The summed E-state index contributed by atoms with van der Waals surface area (Å²) in [6.45, 7) is 0. The fourth-order valence-corrected chi connectivity index (χ4v) is 1.82. The van der Waals surface area contributed by atoms with E-state index in [1.165, 1.54) is 0 Å². The molecule has 0 bridgehead atoms. The summed E-state index contributed by atoms with van der Waals surface area (Å²) in [4.78, 5) is 33.3. The van der Waals surface area contributed by atoms with Crippen LogP contribution >= 0.6 is 0 Å². The van der Waals surface area contributed by atoms with Crippen LogP contribution in [-0.4, -0.2) is 28.9 Å². The highest BCUT2D eigenvalue weighted by Gasteiger charge is 2.22. The minimum absolute atomic E-state index is 0.0681. The second kappa shape index (κ2) is 8.01. The van der Waals surface area contributed by atoms with E-state index in [0.29, 0.717) is 6.42 Å². The number of amides is 2. The van der Waals surface area contributed by atoms with Crippen LogP contribution in [0.15, 0.2) is 30.3 Å². The third-order valence-electron chi connectivity index (χ3n) is 2.95. The van der Waals surface area contributed by atoms with Crippen molar-refractivity contribution in [2.24, 2.45) is 11.5 Å². The molecule has 2 amide bonds. The fourth-order valence-electron chi connectivity index (χ4n) is 1.82. The molecule has 0 radical (unpaired) electrons. The zero-order chi connectivity index (χ0) is 15.8. The lowest BCUT2D eigenvalue weighted by atomic mass is 10.0. The number of carbonyl (C=O) groups is 3. The van der Waals surface area contributed by atoms with E-state index in [1.807, 2.05) is 30.3 Å². The second-order valence-corrected chi connectivity index (χ2v) is 4.68. The van der Waals surface area contributed by atoms with Gasteiger partial charge in [0.2, 0.25) is 11.8 Å². The Kier molecular flexibility index (Phi) is 6.35. The van der Waals surface area contributed by atoms with Crippen LogP contribution in [0.2, 0.25) is 0 Å². The quantitative estimate of drug-likeness (QED) is 0.531. The van der Waals surface area contributed by atoms with Crippen LogP contribution in [0.3, 0.4) is 0 Å². The highest BCUT2D eigenvalue weighted by molar-refractivity contribution is 5.88. The smallest absolute Gasteiger partial charge is 0.326 e. The molecule has 0 aliphatic carbocycles. The normalized spacial score (nSPS) is 13.2. The maximum absolute atomic E-state index is 11.7. The van der Waals surface area contributed by atoms with E-state index in [0.717, 1.165) is 5.56 Å². The Balaban J connectivity index is 2.46. The van der Waals surface area contributed by atoms with Gasteiger partial charge in [0.15, 0.2) is 0 Å². The van der Waals surface area contributed by atoms with Crippen LogP contribution in [-0.2, 0) is 14.4 Å². The monoisotopic (exact) mass is 293 g/mol. The first-order valence-corrected chi connectivity index (χ1v) is 6.51. The van der Waals surface area contributed by atoms with Gasteiger partial charge < -0.3 is 21.9 Å². The number of carboxylic acids is 1. The standard InChI is InChI=1S/C14H19N3O4/c15-10(9-4-2-1-3-5-9)6-7-13(19)17-11(14(20)21)8-12(16)18/h1-5,10-11H,6-8,15H2,(H2,16,18)(H,17,19)(H,20,21). The van der Waals surface area contributed by atoms with Crippen LogP contribution in [0.25, 0.3) is 0 Å². The van der Waals surface area contributed by atoms with E-state index in [2.05, 4.69) is 5.32 Å². The minimum Gasteiger partial charge on any atom is -0.480 e. The number of carboxylic acid groups (broad SMARTS) is 1. The number of hydrogen-bond acceptors (Lipinski definition) is 4. The third-order valence-corrected chi connectivity index (χ3v) is 2.95. The molecule has 2 atom stereocenters. The molecule has 0 aliphatic heterocycles. The Hall–Kier alpha value is -2.41. The molecule has 6 N–H and O–H groups in total. The van der Waals surface area contributed by atoms with Gasteiger partial charge in [-0.2, -0.15) is 0 Å². The first kappa shape index (κ1) is 16.6. The van der Waals surface area contributed by atoms with Crippen LogP contribution in [0.5, 0.6) is 0 Å². The van der Waals surface area contributed by atoms with E-state index in [-0.39, 0.29) is 12.5 Å². The number of aliphatic carboxylic acids is 1. The molecule has 2 unspecified atom stereocenters. The first-order valence-electron chi connectivity index (χ1n) is 6.51. The number of nitrogens with two attached hydrogens (primary N) is 2. The van der Waals surface area contributed by atoms with Gasteiger partial charge in [-0.3, -0.25) is 9.59 Å². The molecule has 0 saturated carbocycles. The summed E-state index contributed by atoms with van der Waals surface area (Å²) in [5.41, 5.74) is 11.8. The highest BCUT2D eigenvalue weighted by atomic mass is 16.4. The molecule has 1 rings (SSSR count). The van der Waals surface area contributed by atoms with E-state index in [4.69, 9.17) is 16.6 Å². The lowest BCUT2D eigenvalue weighted by Crippen LogP contribution is -2.43. The van der Waals surface area contributed by atoms with Crippen molar-refractivity contribution in [1.82, 2.24) is 5.32 Å². The molecular formula is C14H19N3O4. The summed E-state index contributed by atoms with van der Waals surface area (Å²) in [6.07, 6.45) is 0.00315. The Morgan fingerprint density at radius 1 is 1.19 bits per heavy atom. The molecule has 0 aliphatic rings. The van der Waals surface area contributed by atoms with Crippen molar-refractivity contribution >= 4 is 17.8 Å². The molecule has 0 fully saturated rings. The summed E-state index contributed by atoms with van der Waals surface area (Å²) in [6, 6.07) is 7.67. The maximum atomic E-state index is 11.7. The van der Waals surface area contributed by atoms with E-state index in [9.17, 15) is 14.4 Å². The van der Waals surface area contributed by atoms with Crippen LogP contribution in [0, 0.1) is 0 Å². The SMILES string of the molecule is NC(=O)CC(NC(=O)CCC(N)c1ccccc1)C(=O)O. The molecule has 7 nitrogen and oxygen atoms in total. The van der Waals surface area contributed by atoms with E-state index < -0.39 is 30.2 Å². The van der Waals surface area contributed by atoms with Gasteiger partial charge in [0.25, 0.3) is 0 Å². The summed E-state index contributed by atoms with van der Waals surface area (Å²) in [5.74, 6) is -2.56. The predicted octanol–water partition coefficient (Wildman–Crippen LogP) is -0.0886. The molecule has 114 valence electrons. The number of primary amides is 1. The molecule has 0 aromatic heterocycles. The van der Waals surface area contributed by atoms with Crippen LogP contribution < -0.4 is 16.8 Å². The number of benzene rings is 1. The van der Waals surface area contributed by atoms with Gasteiger partial charge >= 0.3 is 5.97 Å². The molecular weight excluding hydrogens is 274 g/mol. The Bertz CT molecular complexity index is 504. The van der Waals surface area contributed by atoms with E-state index in [1.54, 1.807) is 0 Å². The summed E-state index contributed by atoms with van der Waals surface area (Å²) < 4.78 is 0. The van der Waals surface area contributed by atoms with Gasteiger partial charge in [-0.25, -0.2) is 4.79 Å². The Labute approximate surface area is 122 Å². The van der Waals surface area contributed by atoms with Crippen molar-refractivity contribution in [1.29, 1.82) is 0 Å². The zero-order valence-corrected chi connectivity index (χ0v) is 11.5. The number of rotatable bonds is 8. The zero-order valence-electron chi connectivity index (χ0n) is 11.5. The van der Waals surface area contributed by atoms with Crippen molar-refractivity contribution in [3.8, 4) is 0 Å². The lowest BCUT2D eigenvalue weighted by molar-refractivity contribution is -0.143. The molecule has 0 heterocycles. The minimum atomic E-state index is -1.30. The average Bonchev–Trinajstić information content (AvgIpc) is 2.44. The third kappa shape index (κ3) is 6.05. The fraction of sp³-hybridized carbons (Fsp3) is 0.357. The molecule has 0 spiro atoms. The van der Waals surface area contributed by atoms with Gasteiger partial charge in [0, 0.05) is 12.5 Å². The summed E-state index contributed by atoms with van der Waals surface area (Å²) >= 11 is 0. The van der Waals surface area contributed by atoms with Crippen molar-refractivity contribution in [3.63, 3.8) is 0 Å². The molecule has 21 heavy (non-hydrogen) atoms. The van der Waals surface area contributed by atoms with Crippen molar-refractivity contribution < 1.29 is 19.5 Å². The van der Waals surface area contributed by atoms with Crippen molar-refractivity contribution in [3.05, 3.63) is 35.9 Å². The van der Waals surface area contributed by atoms with Gasteiger partial charge in [-0.15, -0.1) is 0 Å². The van der Waals surface area contributed by atoms with Crippen LogP contribution in [0.1, 0.15) is 30.9 Å².